The molecule has 4 nitrogen and oxygen atoms in total. The summed E-state index contributed by atoms with van der Waals surface area (Å²) in [5.41, 5.74) is 1.71. The predicted molar refractivity (Wildman–Crippen MR) is 108 cm³/mol. The zero-order valence-electron chi connectivity index (χ0n) is 15.4. The molecule has 136 valence electrons. The number of para-hydroxylation sites is 2. The molecule has 2 aliphatic rings. The van der Waals surface area contributed by atoms with Crippen molar-refractivity contribution < 1.29 is 9.47 Å². The molecule has 0 radical (unpaired) electrons. The molecule has 2 aliphatic heterocycles. The molecule has 0 aromatic heterocycles. The average Bonchev–Trinajstić information content (AvgIpc) is 2.75. The Balaban J connectivity index is 1.62. The Labute approximate surface area is 159 Å². The van der Waals surface area contributed by atoms with Gasteiger partial charge in [0.2, 0.25) is 0 Å². The number of anilines is 2. The van der Waals surface area contributed by atoms with Crippen LogP contribution in [0.2, 0.25) is 0 Å². The Morgan fingerprint density at radius 2 is 1.04 bits per heavy atom. The molecular formula is C23H22N2O2. The third-order valence-corrected chi connectivity index (χ3v) is 4.69. The smallest absolute Gasteiger partial charge is 0.133 e. The number of benzene rings is 2. The Hall–Kier alpha value is -3.40. The van der Waals surface area contributed by atoms with Gasteiger partial charge in [-0.25, -0.2) is 0 Å². The lowest BCUT2D eigenvalue weighted by atomic mass is 9.88. The monoisotopic (exact) mass is 358 g/mol. The molecule has 0 bridgehead atoms. The van der Waals surface area contributed by atoms with Gasteiger partial charge >= 0.3 is 0 Å². The van der Waals surface area contributed by atoms with Gasteiger partial charge in [0.25, 0.3) is 0 Å². The summed E-state index contributed by atoms with van der Waals surface area (Å²) in [5, 5.41) is 0. The van der Waals surface area contributed by atoms with Crippen molar-refractivity contribution in [1.82, 2.24) is 0 Å². The first-order valence-corrected chi connectivity index (χ1v) is 8.93. The number of nitrogens with zero attached hydrogens (tertiary/aromatic N) is 2. The molecule has 0 saturated carbocycles. The van der Waals surface area contributed by atoms with Crippen LogP contribution in [0.4, 0.5) is 11.4 Å². The van der Waals surface area contributed by atoms with E-state index in [1.54, 1.807) is 12.5 Å². The van der Waals surface area contributed by atoms with Crippen molar-refractivity contribution in [1.29, 1.82) is 0 Å². The van der Waals surface area contributed by atoms with Crippen molar-refractivity contribution in [3.63, 3.8) is 0 Å². The highest BCUT2D eigenvalue weighted by Gasteiger charge is 2.34. The lowest BCUT2D eigenvalue weighted by Gasteiger charge is -2.34. The largest absolute Gasteiger partial charge is 0.465 e. The molecule has 0 aliphatic carbocycles. The summed E-state index contributed by atoms with van der Waals surface area (Å²) in [6.45, 7) is 4.19. The number of rotatable bonds is 4. The van der Waals surface area contributed by atoms with Crippen molar-refractivity contribution >= 4 is 11.4 Å². The molecule has 2 aromatic carbocycles. The van der Waals surface area contributed by atoms with Crippen LogP contribution in [0.1, 0.15) is 13.8 Å². The van der Waals surface area contributed by atoms with E-state index in [4.69, 9.17) is 9.47 Å². The van der Waals surface area contributed by atoms with E-state index in [0.717, 1.165) is 22.9 Å². The molecule has 4 heteroatoms. The van der Waals surface area contributed by atoms with Gasteiger partial charge in [-0.3, -0.25) is 0 Å². The number of hydrogen-bond donors (Lipinski definition) is 0. The standard InChI is InChI=1S/C23H22N2O2/c1-23(2,21-17-24(13-15-26-21)19-9-5-3-6-10-19)22-18-25(14-16-27-22)20-11-7-4-8-12-20/h3-18H,1-2H3. The van der Waals surface area contributed by atoms with Crippen LogP contribution in [0.3, 0.4) is 0 Å². The molecule has 27 heavy (non-hydrogen) atoms. The summed E-state index contributed by atoms with van der Waals surface area (Å²) in [6, 6.07) is 20.3. The van der Waals surface area contributed by atoms with Gasteiger partial charge in [-0.2, -0.15) is 0 Å². The highest BCUT2D eigenvalue weighted by atomic mass is 16.5. The van der Waals surface area contributed by atoms with Gasteiger partial charge in [-0.1, -0.05) is 36.4 Å². The van der Waals surface area contributed by atoms with Crippen LogP contribution < -0.4 is 9.80 Å². The van der Waals surface area contributed by atoms with E-state index < -0.39 is 5.41 Å². The molecule has 0 atom stereocenters. The Kier molecular flexibility index (Phi) is 4.47. The highest BCUT2D eigenvalue weighted by molar-refractivity contribution is 5.55. The van der Waals surface area contributed by atoms with E-state index in [0.29, 0.717) is 0 Å². The second-order valence-corrected chi connectivity index (χ2v) is 6.90. The SMILES string of the molecule is CC(C)(C1=CN(c2ccccc2)C=CO1)C1=CN(c2ccccc2)C=CO1. The maximum Gasteiger partial charge on any atom is 0.133 e. The first-order chi connectivity index (χ1) is 13.1. The summed E-state index contributed by atoms with van der Waals surface area (Å²) < 4.78 is 11.7. The molecule has 0 unspecified atom stereocenters. The van der Waals surface area contributed by atoms with E-state index in [1.807, 2.05) is 61.2 Å². The summed E-state index contributed by atoms with van der Waals surface area (Å²) in [7, 11) is 0. The molecule has 0 fully saturated rings. The van der Waals surface area contributed by atoms with Gasteiger partial charge in [-0.15, -0.1) is 0 Å². The van der Waals surface area contributed by atoms with Gasteiger partial charge in [0.1, 0.15) is 24.0 Å². The maximum atomic E-state index is 5.86. The first kappa shape index (κ1) is 17.0. The molecule has 2 heterocycles. The third-order valence-electron chi connectivity index (χ3n) is 4.69. The average molecular weight is 358 g/mol. The molecular weight excluding hydrogens is 336 g/mol. The van der Waals surface area contributed by atoms with Crippen LogP contribution in [0.25, 0.3) is 0 Å². The molecule has 0 amide bonds. The van der Waals surface area contributed by atoms with Crippen molar-refractivity contribution in [3.8, 4) is 0 Å². The van der Waals surface area contributed by atoms with Crippen LogP contribution in [-0.4, -0.2) is 0 Å². The van der Waals surface area contributed by atoms with Gasteiger partial charge in [-0.05, 0) is 38.1 Å². The summed E-state index contributed by atoms with van der Waals surface area (Å²) in [4.78, 5) is 4.10. The van der Waals surface area contributed by atoms with Crippen LogP contribution in [0.15, 0.2) is 110 Å². The Morgan fingerprint density at radius 3 is 1.44 bits per heavy atom. The predicted octanol–water partition coefficient (Wildman–Crippen LogP) is 5.71. The minimum absolute atomic E-state index is 0.449. The first-order valence-electron chi connectivity index (χ1n) is 8.93. The van der Waals surface area contributed by atoms with E-state index in [2.05, 4.69) is 47.9 Å². The molecule has 0 spiro atoms. The number of hydrogen-bond acceptors (Lipinski definition) is 4. The van der Waals surface area contributed by atoms with E-state index in [9.17, 15) is 0 Å². The quantitative estimate of drug-likeness (QED) is 0.699. The maximum absolute atomic E-state index is 5.86. The summed E-state index contributed by atoms with van der Waals surface area (Å²) in [5.74, 6) is 1.62. The van der Waals surface area contributed by atoms with Gasteiger partial charge in [0.05, 0.1) is 5.41 Å². The second-order valence-electron chi connectivity index (χ2n) is 6.90. The zero-order chi connectivity index (χ0) is 18.7. The minimum atomic E-state index is -0.449. The van der Waals surface area contributed by atoms with Crippen molar-refractivity contribution in [2.45, 2.75) is 13.8 Å². The van der Waals surface area contributed by atoms with Crippen molar-refractivity contribution in [2.24, 2.45) is 5.41 Å². The van der Waals surface area contributed by atoms with Crippen LogP contribution in [0, 0.1) is 5.41 Å². The summed E-state index contributed by atoms with van der Waals surface area (Å²) >= 11 is 0. The fourth-order valence-electron chi connectivity index (χ4n) is 3.00. The fraction of sp³-hybridized carbons (Fsp3) is 0.130. The summed E-state index contributed by atoms with van der Waals surface area (Å²) in [6.07, 6.45) is 11.2. The lowest BCUT2D eigenvalue weighted by molar-refractivity contribution is 0.180. The highest BCUT2D eigenvalue weighted by Crippen LogP contribution is 2.40. The van der Waals surface area contributed by atoms with Crippen molar-refractivity contribution in [2.75, 3.05) is 9.80 Å². The molecule has 0 N–H and O–H groups in total. The van der Waals surface area contributed by atoms with E-state index in [-0.39, 0.29) is 0 Å². The Bertz CT molecular complexity index is 836. The van der Waals surface area contributed by atoms with E-state index in [1.165, 1.54) is 0 Å². The van der Waals surface area contributed by atoms with Gasteiger partial charge in [0.15, 0.2) is 0 Å². The lowest BCUT2D eigenvalue weighted by Crippen LogP contribution is -2.27. The van der Waals surface area contributed by atoms with Crippen LogP contribution >= 0.6 is 0 Å². The third kappa shape index (κ3) is 3.47. The fourth-order valence-corrected chi connectivity index (χ4v) is 3.00. The topological polar surface area (TPSA) is 24.9 Å². The Morgan fingerprint density at radius 1 is 0.630 bits per heavy atom. The van der Waals surface area contributed by atoms with Crippen molar-refractivity contribution in [3.05, 3.63) is 110 Å². The number of ether oxygens (including phenoxy) is 2. The molecule has 4 rings (SSSR count). The zero-order valence-corrected chi connectivity index (χ0v) is 15.4. The second kappa shape index (κ2) is 7.08. The molecule has 2 aromatic rings. The van der Waals surface area contributed by atoms with E-state index >= 15 is 0 Å². The van der Waals surface area contributed by atoms with Gasteiger partial charge < -0.3 is 19.3 Å². The van der Waals surface area contributed by atoms with Crippen LogP contribution in [0.5, 0.6) is 0 Å². The van der Waals surface area contributed by atoms with Crippen LogP contribution in [-0.2, 0) is 9.47 Å². The molecule has 0 saturated heterocycles. The normalized spacial score (nSPS) is 16.4. The minimum Gasteiger partial charge on any atom is -0.465 e. The van der Waals surface area contributed by atoms with Gasteiger partial charge in [0, 0.05) is 36.2 Å².